The van der Waals surface area contributed by atoms with Gasteiger partial charge in [0.05, 0.1) is 41.0 Å². The molecule has 192 valence electrons. The number of anilines is 1. The van der Waals surface area contributed by atoms with E-state index in [1.807, 2.05) is 18.2 Å². The molecule has 0 fully saturated rings. The normalized spacial score (nSPS) is 19.6. The Morgan fingerprint density at radius 2 is 1.89 bits per heavy atom. The molecule has 5 nitrogen and oxygen atoms in total. The van der Waals surface area contributed by atoms with Crippen LogP contribution in [0.4, 0.5) is 5.69 Å². The van der Waals surface area contributed by atoms with Crippen molar-refractivity contribution in [2.24, 2.45) is 5.92 Å². The Balaban J connectivity index is 1.50. The number of allylic oxidation sites excluding steroid dienone is 2. The summed E-state index contributed by atoms with van der Waals surface area (Å²) in [5, 5.41) is 5.27. The van der Waals surface area contributed by atoms with Gasteiger partial charge in [0.1, 0.15) is 6.61 Å². The fraction of sp³-hybridized carbons (Fsp3) is 0.250. The van der Waals surface area contributed by atoms with E-state index in [-0.39, 0.29) is 30.5 Å². The van der Waals surface area contributed by atoms with Crippen LogP contribution in [0, 0.1) is 5.92 Å². The molecule has 9 heteroatoms. The first-order chi connectivity index (χ1) is 17.8. The van der Waals surface area contributed by atoms with Crippen LogP contribution in [0.1, 0.15) is 45.4 Å². The standard InChI is InChI=1S/C28H23BrCl3NO4/c1-35-23-11-15(10-20(29)27(23)37-13-14-6-7-16(30)12-22(14)32)25-18-5-3-4-17(18)24-19(28(34)36-2)8-9-21(31)26(24)33-25/h3-4,6-12,17-18,25,33H,5,13H2,1-2H3/t17-,18-,25+/m1/s1. The molecule has 5 rings (SSSR count). The van der Waals surface area contributed by atoms with E-state index in [9.17, 15) is 4.79 Å². The van der Waals surface area contributed by atoms with Crippen LogP contribution >= 0.6 is 50.7 Å². The molecule has 0 aromatic heterocycles. The highest BCUT2D eigenvalue weighted by Crippen LogP contribution is 2.54. The summed E-state index contributed by atoms with van der Waals surface area (Å²) in [5.41, 5.74) is 3.96. The SMILES string of the molecule is COC(=O)c1ccc(Cl)c2c1[C@@H]1C=CC[C@H]1[C@H](c1cc(Br)c(OCc3ccc(Cl)cc3Cl)c(OC)c1)N2. The molecule has 3 aromatic rings. The predicted octanol–water partition coefficient (Wildman–Crippen LogP) is 8.61. The Hall–Kier alpha value is -2.38. The quantitative estimate of drug-likeness (QED) is 0.220. The Morgan fingerprint density at radius 3 is 2.62 bits per heavy atom. The van der Waals surface area contributed by atoms with Gasteiger partial charge < -0.3 is 19.5 Å². The minimum atomic E-state index is -0.376. The first kappa shape index (κ1) is 26.2. The maximum Gasteiger partial charge on any atom is 0.338 e. The van der Waals surface area contributed by atoms with Crippen molar-refractivity contribution in [3.63, 3.8) is 0 Å². The number of hydrogen-bond acceptors (Lipinski definition) is 5. The van der Waals surface area contributed by atoms with Gasteiger partial charge in [-0.15, -0.1) is 0 Å². The number of nitrogens with one attached hydrogen (secondary N) is 1. The van der Waals surface area contributed by atoms with Crippen LogP contribution in [-0.4, -0.2) is 20.2 Å². The summed E-state index contributed by atoms with van der Waals surface area (Å²) >= 11 is 22.6. The molecule has 1 aliphatic carbocycles. The number of rotatable bonds is 6. The van der Waals surface area contributed by atoms with Gasteiger partial charge in [-0.3, -0.25) is 0 Å². The van der Waals surface area contributed by atoms with Crippen molar-refractivity contribution in [1.29, 1.82) is 0 Å². The van der Waals surface area contributed by atoms with Gasteiger partial charge in [-0.2, -0.15) is 0 Å². The molecule has 0 radical (unpaired) electrons. The van der Waals surface area contributed by atoms with E-state index in [4.69, 9.17) is 49.0 Å². The van der Waals surface area contributed by atoms with Gasteiger partial charge in [0.25, 0.3) is 0 Å². The number of esters is 1. The summed E-state index contributed by atoms with van der Waals surface area (Å²) in [6.45, 7) is 0.250. The predicted molar refractivity (Wildman–Crippen MR) is 151 cm³/mol. The van der Waals surface area contributed by atoms with Crippen LogP contribution in [-0.2, 0) is 11.3 Å². The van der Waals surface area contributed by atoms with Gasteiger partial charge in [0.2, 0.25) is 0 Å². The fourth-order valence-corrected chi connectivity index (χ4v) is 6.40. The third kappa shape index (κ3) is 4.92. The lowest BCUT2D eigenvalue weighted by molar-refractivity contribution is 0.0598. The summed E-state index contributed by atoms with van der Waals surface area (Å²) in [6, 6.07) is 12.7. The maximum atomic E-state index is 12.5. The minimum absolute atomic E-state index is 0.0155. The van der Waals surface area contributed by atoms with Crippen molar-refractivity contribution < 1.29 is 19.0 Å². The maximum absolute atomic E-state index is 12.5. The second-order valence-electron chi connectivity index (χ2n) is 8.91. The van der Waals surface area contributed by atoms with Gasteiger partial charge in [-0.25, -0.2) is 4.79 Å². The number of fused-ring (bicyclic) bond motifs is 3. The molecule has 1 N–H and O–H groups in total. The summed E-state index contributed by atoms with van der Waals surface area (Å²) in [4.78, 5) is 12.5. The number of benzene rings is 3. The topological polar surface area (TPSA) is 56.8 Å². The van der Waals surface area contributed by atoms with Gasteiger partial charge in [-0.05, 0) is 75.8 Å². The van der Waals surface area contributed by atoms with E-state index in [2.05, 4.69) is 33.4 Å². The molecule has 1 aliphatic heterocycles. The molecule has 37 heavy (non-hydrogen) atoms. The molecule has 0 saturated heterocycles. The van der Waals surface area contributed by atoms with E-state index in [0.29, 0.717) is 32.1 Å². The van der Waals surface area contributed by atoms with Gasteiger partial charge in [-0.1, -0.05) is 53.0 Å². The average Bonchev–Trinajstić information content (AvgIpc) is 3.38. The molecule has 3 atom stereocenters. The molecular weight excluding hydrogens is 601 g/mol. The van der Waals surface area contributed by atoms with E-state index in [1.54, 1.807) is 31.4 Å². The number of methoxy groups -OCH3 is 2. The first-order valence-electron chi connectivity index (χ1n) is 11.6. The molecule has 0 unspecified atom stereocenters. The van der Waals surface area contributed by atoms with Crippen molar-refractivity contribution in [3.05, 3.63) is 96.4 Å². The third-order valence-electron chi connectivity index (χ3n) is 6.87. The zero-order valence-electron chi connectivity index (χ0n) is 20.0. The Labute approximate surface area is 238 Å². The molecule has 3 aromatic carbocycles. The van der Waals surface area contributed by atoms with E-state index >= 15 is 0 Å². The lowest BCUT2D eigenvalue weighted by atomic mass is 9.75. The van der Waals surface area contributed by atoms with E-state index in [1.165, 1.54) is 7.11 Å². The van der Waals surface area contributed by atoms with Gasteiger partial charge in [0.15, 0.2) is 11.5 Å². The summed E-state index contributed by atoms with van der Waals surface area (Å²) in [6.07, 6.45) is 5.16. The molecular formula is C28H23BrCl3NO4. The monoisotopic (exact) mass is 621 g/mol. The highest BCUT2D eigenvalue weighted by molar-refractivity contribution is 9.10. The number of ether oxygens (including phenoxy) is 3. The molecule has 0 amide bonds. The third-order valence-corrected chi connectivity index (χ3v) is 8.36. The Morgan fingerprint density at radius 1 is 1.08 bits per heavy atom. The van der Waals surface area contributed by atoms with Crippen LogP contribution in [0.5, 0.6) is 11.5 Å². The number of hydrogen-bond donors (Lipinski definition) is 1. The van der Waals surface area contributed by atoms with Crippen LogP contribution in [0.15, 0.2) is 59.1 Å². The molecule has 2 aliphatic rings. The van der Waals surface area contributed by atoms with Gasteiger partial charge >= 0.3 is 5.97 Å². The Bertz CT molecular complexity index is 1410. The minimum Gasteiger partial charge on any atom is -0.493 e. The molecule has 0 spiro atoms. The molecule has 0 bridgehead atoms. The lowest BCUT2D eigenvalue weighted by Crippen LogP contribution is -2.31. The van der Waals surface area contributed by atoms with Gasteiger partial charge in [0, 0.05) is 21.5 Å². The van der Waals surface area contributed by atoms with Crippen molar-refractivity contribution in [2.45, 2.75) is 25.0 Å². The smallest absolute Gasteiger partial charge is 0.338 e. The largest absolute Gasteiger partial charge is 0.493 e. The van der Waals surface area contributed by atoms with E-state index in [0.717, 1.165) is 33.3 Å². The summed E-state index contributed by atoms with van der Waals surface area (Å²) in [5.74, 6) is 0.964. The van der Waals surface area contributed by atoms with Crippen molar-refractivity contribution in [1.82, 2.24) is 0 Å². The van der Waals surface area contributed by atoms with Crippen LogP contribution in [0.3, 0.4) is 0 Å². The zero-order chi connectivity index (χ0) is 26.3. The number of carbonyl (C=O) groups excluding carboxylic acids is 1. The van der Waals surface area contributed by atoms with Crippen LogP contribution in [0.2, 0.25) is 15.1 Å². The van der Waals surface area contributed by atoms with Crippen molar-refractivity contribution >= 4 is 62.4 Å². The van der Waals surface area contributed by atoms with Crippen molar-refractivity contribution in [2.75, 3.05) is 19.5 Å². The lowest BCUT2D eigenvalue weighted by Gasteiger charge is -2.39. The highest BCUT2D eigenvalue weighted by Gasteiger charge is 2.41. The summed E-state index contributed by atoms with van der Waals surface area (Å²) in [7, 11) is 3.00. The van der Waals surface area contributed by atoms with E-state index < -0.39 is 0 Å². The number of carbonyl (C=O) groups is 1. The molecule has 1 heterocycles. The highest BCUT2D eigenvalue weighted by atomic mass is 79.9. The number of halogens is 4. The summed E-state index contributed by atoms with van der Waals surface area (Å²) < 4.78 is 17.6. The zero-order valence-corrected chi connectivity index (χ0v) is 23.8. The second kappa shape index (κ2) is 10.8. The molecule has 0 saturated carbocycles. The Kier molecular flexibility index (Phi) is 7.64. The van der Waals surface area contributed by atoms with Crippen LogP contribution < -0.4 is 14.8 Å². The average molecular weight is 624 g/mol. The second-order valence-corrected chi connectivity index (χ2v) is 11.0. The fourth-order valence-electron chi connectivity index (χ4n) is 5.14. The van der Waals surface area contributed by atoms with Crippen molar-refractivity contribution in [3.8, 4) is 11.5 Å². The first-order valence-corrected chi connectivity index (χ1v) is 13.5. The van der Waals surface area contributed by atoms with Crippen LogP contribution in [0.25, 0.3) is 0 Å².